The molecule has 1 fully saturated rings. The van der Waals surface area contributed by atoms with Gasteiger partial charge in [-0.1, -0.05) is 0 Å². The highest BCUT2D eigenvalue weighted by Gasteiger charge is 2.17. The van der Waals surface area contributed by atoms with Crippen LogP contribution in [0.15, 0.2) is 18.5 Å². The number of hydrogen-bond acceptors (Lipinski definition) is 4. The Morgan fingerprint density at radius 2 is 2.21 bits per heavy atom. The average Bonchev–Trinajstić information content (AvgIpc) is 2.23. The van der Waals surface area contributed by atoms with Crippen molar-refractivity contribution in [3.63, 3.8) is 0 Å². The molecule has 0 bridgehead atoms. The van der Waals surface area contributed by atoms with E-state index in [9.17, 15) is 4.79 Å². The average molecular weight is 192 g/mol. The van der Waals surface area contributed by atoms with Gasteiger partial charge in [0.1, 0.15) is 0 Å². The predicted octanol–water partition coefficient (Wildman–Crippen LogP) is 0.167. The number of piperidine rings is 1. The number of hydrogen-bond donors (Lipinski definition) is 2. The molecule has 1 atom stereocenters. The first-order chi connectivity index (χ1) is 6.84. The second-order valence-electron chi connectivity index (χ2n) is 3.26. The number of amides is 1. The molecule has 0 radical (unpaired) electrons. The Morgan fingerprint density at radius 1 is 1.43 bits per heavy atom. The lowest BCUT2D eigenvalue weighted by atomic mass is 10.1. The minimum Gasteiger partial charge on any atom is -0.354 e. The van der Waals surface area contributed by atoms with E-state index in [1.54, 1.807) is 18.5 Å². The molecule has 0 saturated carbocycles. The topological polar surface area (TPSA) is 66.9 Å². The molecule has 5 heteroatoms. The number of anilines is 1. The van der Waals surface area contributed by atoms with Crippen LogP contribution in [0, 0.1) is 0 Å². The largest absolute Gasteiger partial charge is 0.354 e. The van der Waals surface area contributed by atoms with Crippen LogP contribution in [-0.4, -0.2) is 28.5 Å². The number of carbonyl (C=O) groups excluding carboxylic acids is 1. The summed E-state index contributed by atoms with van der Waals surface area (Å²) in [4.78, 5) is 19.0. The molecule has 1 aromatic rings. The van der Waals surface area contributed by atoms with E-state index in [0.717, 1.165) is 6.42 Å². The van der Waals surface area contributed by atoms with Gasteiger partial charge in [-0.25, -0.2) is 9.97 Å². The highest BCUT2D eigenvalue weighted by atomic mass is 16.1. The van der Waals surface area contributed by atoms with Gasteiger partial charge in [0.25, 0.3) is 0 Å². The van der Waals surface area contributed by atoms with E-state index in [1.807, 2.05) is 0 Å². The lowest BCUT2D eigenvalue weighted by Crippen LogP contribution is -2.42. The van der Waals surface area contributed by atoms with E-state index >= 15 is 0 Å². The molecule has 14 heavy (non-hydrogen) atoms. The van der Waals surface area contributed by atoms with Crippen molar-refractivity contribution in [1.29, 1.82) is 0 Å². The van der Waals surface area contributed by atoms with Gasteiger partial charge in [0.05, 0.1) is 0 Å². The van der Waals surface area contributed by atoms with Crippen LogP contribution in [-0.2, 0) is 4.79 Å². The summed E-state index contributed by atoms with van der Waals surface area (Å²) in [6, 6.07) is 2.02. The third-order valence-corrected chi connectivity index (χ3v) is 2.16. The zero-order valence-electron chi connectivity index (χ0n) is 7.73. The molecular formula is C9H12N4O. The molecule has 2 N–H and O–H groups in total. The van der Waals surface area contributed by atoms with Crippen LogP contribution in [0.3, 0.4) is 0 Å². The maximum Gasteiger partial charge on any atom is 0.222 e. The zero-order valence-corrected chi connectivity index (χ0v) is 7.73. The van der Waals surface area contributed by atoms with E-state index in [4.69, 9.17) is 0 Å². The van der Waals surface area contributed by atoms with Crippen molar-refractivity contribution >= 4 is 11.9 Å². The molecule has 2 rings (SSSR count). The lowest BCUT2D eigenvalue weighted by Gasteiger charge is -2.23. The van der Waals surface area contributed by atoms with Gasteiger partial charge >= 0.3 is 0 Å². The van der Waals surface area contributed by atoms with Crippen molar-refractivity contribution in [3.8, 4) is 0 Å². The normalized spacial score (nSPS) is 21.4. The van der Waals surface area contributed by atoms with Crippen LogP contribution >= 0.6 is 0 Å². The molecule has 74 valence electrons. The summed E-state index contributed by atoms with van der Waals surface area (Å²) in [6.45, 7) is 0.650. The molecule has 1 aromatic heterocycles. The van der Waals surface area contributed by atoms with E-state index in [1.165, 1.54) is 0 Å². The monoisotopic (exact) mass is 192 g/mol. The van der Waals surface area contributed by atoms with Gasteiger partial charge < -0.3 is 10.6 Å². The van der Waals surface area contributed by atoms with Crippen LogP contribution in [0.5, 0.6) is 0 Å². The van der Waals surface area contributed by atoms with Gasteiger partial charge in [-0.3, -0.25) is 4.79 Å². The van der Waals surface area contributed by atoms with Crippen molar-refractivity contribution in [3.05, 3.63) is 18.5 Å². The Hall–Kier alpha value is -1.65. The molecule has 1 aliphatic heterocycles. The summed E-state index contributed by atoms with van der Waals surface area (Å²) in [5, 5.41) is 5.96. The minimum absolute atomic E-state index is 0.122. The Balaban J connectivity index is 1.89. The quantitative estimate of drug-likeness (QED) is 0.700. The first kappa shape index (κ1) is 8.93. The second kappa shape index (κ2) is 4.04. The van der Waals surface area contributed by atoms with Crippen molar-refractivity contribution < 1.29 is 4.79 Å². The zero-order chi connectivity index (χ0) is 9.80. The van der Waals surface area contributed by atoms with Crippen molar-refractivity contribution in [2.24, 2.45) is 0 Å². The maximum atomic E-state index is 10.9. The molecule has 5 nitrogen and oxygen atoms in total. The number of carbonyl (C=O) groups is 1. The Bertz CT molecular complexity index is 304. The van der Waals surface area contributed by atoms with Crippen LogP contribution in [0.25, 0.3) is 0 Å². The smallest absolute Gasteiger partial charge is 0.222 e. The fourth-order valence-electron chi connectivity index (χ4n) is 1.41. The van der Waals surface area contributed by atoms with Gasteiger partial charge in [-0.15, -0.1) is 0 Å². The third-order valence-electron chi connectivity index (χ3n) is 2.16. The van der Waals surface area contributed by atoms with E-state index in [2.05, 4.69) is 20.6 Å². The SMILES string of the molecule is O=C1CCC(Nc2ncccn2)CN1. The molecular weight excluding hydrogens is 180 g/mol. The minimum atomic E-state index is 0.122. The van der Waals surface area contributed by atoms with Crippen molar-refractivity contribution in [2.75, 3.05) is 11.9 Å². The molecule has 1 unspecified atom stereocenters. The molecule has 2 heterocycles. The number of rotatable bonds is 2. The summed E-state index contributed by atoms with van der Waals surface area (Å²) < 4.78 is 0. The van der Waals surface area contributed by atoms with E-state index in [0.29, 0.717) is 18.9 Å². The first-order valence-electron chi connectivity index (χ1n) is 4.65. The fourth-order valence-corrected chi connectivity index (χ4v) is 1.41. The summed E-state index contributed by atoms with van der Waals surface area (Å²) in [6.07, 6.45) is 4.79. The summed E-state index contributed by atoms with van der Waals surface area (Å²) in [5.41, 5.74) is 0. The lowest BCUT2D eigenvalue weighted by molar-refractivity contribution is -0.122. The molecule has 1 aliphatic rings. The highest BCUT2D eigenvalue weighted by molar-refractivity contribution is 5.76. The van der Waals surface area contributed by atoms with Crippen molar-refractivity contribution in [2.45, 2.75) is 18.9 Å². The van der Waals surface area contributed by atoms with Crippen LogP contribution in [0.1, 0.15) is 12.8 Å². The van der Waals surface area contributed by atoms with Crippen LogP contribution in [0.4, 0.5) is 5.95 Å². The Labute approximate surface area is 82.0 Å². The summed E-state index contributed by atoms with van der Waals surface area (Å²) in [5.74, 6) is 0.741. The van der Waals surface area contributed by atoms with Gasteiger partial charge in [-0.2, -0.15) is 0 Å². The second-order valence-corrected chi connectivity index (χ2v) is 3.26. The Kier molecular flexibility index (Phi) is 2.58. The fraction of sp³-hybridized carbons (Fsp3) is 0.444. The molecule has 1 amide bonds. The van der Waals surface area contributed by atoms with Crippen LogP contribution in [0.2, 0.25) is 0 Å². The van der Waals surface area contributed by atoms with Gasteiger partial charge in [0.2, 0.25) is 11.9 Å². The first-order valence-corrected chi connectivity index (χ1v) is 4.65. The summed E-state index contributed by atoms with van der Waals surface area (Å²) in [7, 11) is 0. The van der Waals surface area contributed by atoms with E-state index in [-0.39, 0.29) is 11.9 Å². The molecule has 0 aromatic carbocycles. The number of nitrogens with one attached hydrogen (secondary N) is 2. The molecule has 0 spiro atoms. The third kappa shape index (κ3) is 2.18. The standard InChI is InChI=1S/C9H12N4O/c14-8-3-2-7(6-12-8)13-9-10-4-1-5-11-9/h1,4-5,7H,2-3,6H2,(H,12,14)(H,10,11,13). The van der Waals surface area contributed by atoms with E-state index < -0.39 is 0 Å². The predicted molar refractivity (Wildman–Crippen MR) is 51.7 cm³/mol. The number of nitrogens with zero attached hydrogens (tertiary/aromatic N) is 2. The van der Waals surface area contributed by atoms with Gasteiger partial charge in [-0.05, 0) is 12.5 Å². The van der Waals surface area contributed by atoms with Gasteiger partial charge in [0, 0.05) is 31.4 Å². The Morgan fingerprint density at radius 3 is 2.86 bits per heavy atom. The highest BCUT2D eigenvalue weighted by Crippen LogP contribution is 2.07. The molecule has 0 aliphatic carbocycles. The van der Waals surface area contributed by atoms with Crippen LogP contribution < -0.4 is 10.6 Å². The maximum absolute atomic E-state index is 10.9. The molecule has 1 saturated heterocycles. The van der Waals surface area contributed by atoms with Gasteiger partial charge in [0.15, 0.2) is 0 Å². The number of aromatic nitrogens is 2. The summed E-state index contributed by atoms with van der Waals surface area (Å²) >= 11 is 0. The van der Waals surface area contributed by atoms with Crippen molar-refractivity contribution in [1.82, 2.24) is 15.3 Å².